The molecule has 5 rings (SSSR count). The van der Waals surface area contributed by atoms with Crippen LogP contribution in [0.15, 0.2) is 46.2 Å². The van der Waals surface area contributed by atoms with Gasteiger partial charge in [-0.25, -0.2) is 9.78 Å². The average Bonchev–Trinajstić information content (AvgIpc) is 3.34. The lowest BCUT2D eigenvalue weighted by atomic mass is 9.95. The third kappa shape index (κ3) is 5.31. The van der Waals surface area contributed by atoms with E-state index in [0.717, 1.165) is 23.0 Å². The molecular weight excluding hydrogens is 617 g/mol. The van der Waals surface area contributed by atoms with Gasteiger partial charge in [-0.05, 0) is 5.56 Å². The van der Waals surface area contributed by atoms with Crippen LogP contribution in [0, 0.1) is 0 Å². The number of ether oxygens (including phenoxy) is 1. The predicted octanol–water partition coefficient (Wildman–Crippen LogP) is -2.74. The molecule has 0 aliphatic carbocycles. The van der Waals surface area contributed by atoms with Crippen LogP contribution in [0.3, 0.4) is 0 Å². The molecule has 39 heavy (non-hydrogen) atoms. The highest BCUT2D eigenvalue weighted by atomic mass is 127. The van der Waals surface area contributed by atoms with E-state index < -0.39 is 29.2 Å². The number of aromatic nitrogens is 4. The van der Waals surface area contributed by atoms with E-state index in [1.165, 1.54) is 17.9 Å². The maximum absolute atomic E-state index is 12.9. The lowest BCUT2D eigenvalue weighted by Gasteiger charge is -2.47. The molecule has 0 spiro atoms. The maximum atomic E-state index is 12.9. The fourth-order valence-corrected chi connectivity index (χ4v) is 6.61. The van der Waals surface area contributed by atoms with Crippen molar-refractivity contribution in [3.8, 4) is 0 Å². The molecule has 12 heteroatoms. The number of carbonyl (C=O) groups excluding carboxylic acids is 1. The Bertz CT molecular complexity index is 1440. The Balaban J connectivity index is 0.00000353. The van der Waals surface area contributed by atoms with E-state index >= 15 is 0 Å². The molecule has 212 valence electrons. The number of halogens is 1. The van der Waals surface area contributed by atoms with Crippen LogP contribution in [0.25, 0.3) is 11.2 Å². The van der Waals surface area contributed by atoms with Gasteiger partial charge in [0.05, 0.1) is 38.6 Å². The summed E-state index contributed by atoms with van der Waals surface area (Å²) in [5.74, 6) is -1.10. The number of benzene rings is 1. The summed E-state index contributed by atoms with van der Waals surface area (Å²) in [5.41, 5.74) is 0.449. The Morgan fingerprint density at radius 3 is 2.38 bits per heavy atom. The molecule has 3 aromatic rings. The van der Waals surface area contributed by atoms with Crippen LogP contribution in [-0.2, 0) is 30.2 Å². The molecule has 0 amide bonds. The minimum atomic E-state index is -0.738. The number of carbonyl (C=O) groups is 1. The summed E-state index contributed by atoms with van der Waals surface area (Å²) in [6, 6.07) is 9.66. The molecule has 1 aromatic carbocycles. The van der Waals surface area contributed by atoms with Gasteiger partial charge in [0.1, 0.15) is 24.7 Å². The lowest BCUT2D eigenvalue weighted by molar-refractivity contribution is -0.951. The zero-order valence-corrected chi connectivity index (χ0v) is 24.6. The first-order valence-corrected chi connectivity index (χ1v) is 13.1. The number of aliphatic hydroxyl groups excluding tert-OH is 2. The molecule has 2 N–H and O–H groups in total. The topological polar surface area (TPSA) is 129 Å². The van der Waals surface area contributed by atoms with E-state index in [-0.39, 0.29) is 55.3 Å². The van der Waals surface area contributed by atoms with Crippen molar-refractivity contribution in [2.45, 2.75) is 62.4 Å². The first-order valence-electron chi connectivity index (χ1n) is 13.1. The number of aryl methyl sites for hydroxylation is 1. The zero-order chi connectivity index (χ0) is 27.2. The lowest BCUT2D eigenvalue weighted by Crippen LogP contribution is -3.00. The van der Waals surface area contributed by atoms with Crippen molar-refractivity contribution in [3.63, 3.8) is 0 Å². The van der Waals surface area contributed by atoms with Gasteiger partial charge in [-0.2, -0.15) is 0 Å². The Hall–Kier alpha value is -2.55. The Morgan fingerprint density at radius 2 is 1.77 bits per heavy atom. The van der Waals surface area contributed by atoms with E-state index in [1.807, 2.05) is 30.3 Å². The van der Waals surface area contributed by atoms with Crippen molar-refractivity contribution in [2.75, 3.05) is 20.2 Å². The number of hydrogen-bond acceptors (Lipinski definition) is 7. The van der Waals surface area contributed by atoms with Crippen molar-refractivity contribution >= 4 is 17.1 Å². The summed E-state index contributed by atoms with van der Waals surface area (Å²) >= 11 is 0. The van der Waals surface area contributed by atoms with Crippen LogP contribution in [-0.4, -0.2) is 83.8 Å². The van der Waals surface area contributed by atoms with Crippen LogP contribution in [0.2, 0.25) is 0 Å². The number of quaternary nitrogens is 1. The quantitative estimate of drug-likeness (QED) is 0.154. The number of likely N-dealkylation sites (N-methyl/N-ethyl adjacent to an activating group) is 1. The van der Waals surface area contributed by atoms with Crippen LogP contribution >= 0.6 is 0 Å². The van der Waals surface area contributed by atoms with Gasteiger partial charge in [0, 0.05) is 39.8 Å². The second-order valence-corrected chi connectivity index (χ2v) is 11.0. The van der Waals surface area contributed by atoms with E-state index in [2.05, 4.69) is 12.0 Å². The summed E-state index contributed by atoms with van der Waals surface area (Å²) in [6.07, 6.45) is 3.92. The highest BCUT2D eigenvalue weighted by molar-refractivity contribution is 5.78. The SMILES string of the molecule is Cn1c(=O)c2c(ncn2CC(O)C[N+]2(C)C3CCC2CC(OC(=O)C(CO)c2ccccc2)C3)n(C)c1=O.[I-]. The van der Waals surface area contributed by atoms with Gasteiger partial charge >= 0.3 is 11.7 Å². The Morgan fingerprint density at radius 1 is 1.13 bits per heavy atom. The molecule has 11 nitrogen and oxygen atoms in total. The molecule has 4 heterocycles. The summed E-state index contributed by atoms with van der Waals surface area (Å²) in [5, 5.41) is 21.0. The molecule has 2 saturated heterocycles. The van der Waals surface area contributed by atoms with E-state index in [4.69, 9.17) is 4.74 Å². The van der Waals surface area contributed by atoms with E-state index in [1.54, 1.807) is 11.6 Å². The van der Waals surface area contributed by atoms with Gasteiger partial charge in [-0.1, -0.05) is 30.3 Å². The average molecular weight is 654 g/mol. The summed E-state index contributed by atoms with van der Waals surface area (Å²) in [4.78, 5) is 42.1. The van der Waals surface area contributed by atoms with Crippen LogP contribution in [0.5, 0.6) is 0 Å². The molecule has 2 fully saturated rings. The predicted molar refractivity (Wildman–Crippen MR) is 139 cm³/mol. The summed E-state index contributed by atoms with van der Waals surface area (Å²) < 4.78 is 10.6. The number of imidazole rings is 1. The van der Waals surface area contributed by atoms with Gasteiger partial charge in [-0.15, -0.1) is 0 Å². The molecule has 0 radical (unpaired) electrons. The Labute approximate surface area is 243 Å². The summed E-state index contributed by atoms with van der Waals surface area (Å²) in [6.45, 7) is 0.374. The molecule has 2 bridgehead atoms. The zero-order valence-electron chi connectivity index (χ0n) is 22.4. The number of aliphatic hydroxyl groups is 2. The third-order valence-electron chi connectivity index (χ3n) is 8.75. The third-order valence-corrected chi connectivity index (χ3v) is 8.75. The molecule has 4 atom stereocenters. The normalized spacial score (nSPS) is 25.7. The van der Waals surface area contributed by atoms with Gasteiger partial charge in [-0.3, -0.25) is 18.7 Å². The number of piperidine rings is 1. The van der Waals surface area contributed by atoms with Crippen molar-refractivity contribution < 1.29 is 48.2 Å². The highest BCUT2D eigenvalue weighted by Gasteiger charge is 2.53. The second-order valence-electron chi connectivity index (χ2n) is 11.0. The van der Waals surface area contributed by atoms with E-state index in [0.29, 0.717) is 35.0 Å². The van der Waals surface area contributed by atoms with Gasteiger partial charge in [0.2, 0.25) is 0 Å². The van der Waals surface area contributed by atoms with Gasteiger partial charge in [0.25, 0.3) is 5.56 Å². The minimum absolute atomic E-state index is 0. The van der Waals surface area contributed by atoms with Crippen LogP contribution in [0.4, 0.5) is 0 Å². The monoisotopic (exact) mass is 653 g/mol. The fourth-order valence-electron chi connectivity index (χ4n) is 6.61. The fraction of sp³-hybridized carbons (Fsp3) is 0.556. The smallest absolute Gasteiger partial charge is 0.332 e. The van der Waals surface area contributed by atoms with Crippen molar-refractivity contribution in [3.05, 3.63) is 63.1 Å². The number of hydrogen-bond donors (Lipinski definition) is 2. The molecule has 2 aromatic heterocycles. The highest BCUT2D eigenvalue weighted by Crippen LogP contribution is 2.42. The maximum Gasteiger partial charge on any atom is 0.332 e. The van der Waals surface area contributed by atoms with E-state index in [9.17, 15) is 24.6 Å². The standard InChI is InChI=1S/C27H36N5O6.HI/c1-29-24-23(25(35)30(2)27(29)37)31(16-28-24)13-20(34)14-32(3)18-9-10-19(32)12-21(11-18)38-26(36)22(15-33)17-7-5-4-6-8-17;/h4-8,16,18-22,33-34H,9-15H2,1-3H3;1H/q+1;/p-1. The Kier molecular flexibility index (Phi) is 8.69. The molecule has 2 aliphatic heterocycles. The van der Waals surface area contributed by atoms with Crippen LogP contribution < -0.4 is 35.2 Å². The summed E-state index contributed by atoms with van der Waals surface area (Å²) in [7, 11) is 5.15. The van der Waals surface area contributed by atoms with Crippen LogP contribution in [0.1, 0.15) is 37.2 Å². The molecular formula is C27H36IN5O6. The number of fused-ring (bicyclic) bond motifs is 3. The van der Waals surface area contributed by atoms with Gasteiger partial charge in [0.15, 0.2) is 11.2 Å². The molecule has 0 saturated carbocycles. The number of nitrogens with zero attached hydrogens (tertiary/aromatic N) is 5. The second kappa shape index (κ2) is 11.5. The first kappa shape index (κ1) is 29.4. The van der Waals surface area contributed by atoms with Crippen molar-refractivity contribution in [2.24, 2.45) is 14.1 Å². The van der Waals surface area contributed by atoms with Gasteiger partial charge < -0.3 is 48.0 Å². The largest absolute Gasteiger partial charge is 1.00 e. The molecule has 2 aliphatic rings. The number of rotatable bonds is 8. The van der Waals surface area contributed by atoms with Crippen molar-refractivity contribution in [1.29, 1.82) is 0 Å². The first-order chi connectivity index (χ1) is 18.1. The van der Waals surface area contributed by atoms with Crippen molar-refractivity contribution in [1.82, 2.24) is 18.7 Å². The number of esters is 1. The minimum Gasteiger partial charge on any atom is -1.00 e. The molecule has 4 unspecified atom stereocenters.